The third-order valence-corrected chi connectivity index (χ3v) is 4.74. The normalized spacial score (nSPS) is 11.0. The largest absolute Gasteiger partial charge is 0.419 e. The lowest BCUT2D eigenvalue weighted by molar-refractivity contribution is 0.101. The molecule has 0 fully saturated rings. The number of amides is 1. The second-order valence-corrected chi connectivity index (χ2v) is 6.70. The van der Waals surface area contributed by atoms with Crippen LogP contribution in [0.1, 0.15) is 15.9 Å². The topological polar surface area (TPSA) is 64.2 Å². The molecule has 0 saturated heterocycles. The van der Waals surface area contributed by atoms with Crippen LogP contribution in [0.25, 0.3) is 22.2 Å². The second-order valence-electron chi connectivity index (χ2n) is 6.70. The highest BCUT2D eigenvalue weighted by Crippen LogP contribution is 2.28. The minimum absolute atomic E-state index is 0.394. The summed E-state index contributed by atoms with van der Waals surface area (Å²) in [6, 6.07) is 13.7. The highest BCUT2D eigenvalue weighted by molar-refractivity contribution is 6.04. The average Bonchev–Trinajstić information content (AvgIpc) is 2.96. The van der Waals surface area contributed by atoms with Crippen molar-refractivity contribution in [3.63, 3.8) is 0 Å². The number of oxazole rings is 1. The lowest BCUT2D eigenvalue weighted by Crippen LogP contribution is -2.15. The molecule has 0 spiro atoms. The summed E-state index contributed by atoms with van der Waals surface area (Å²) >= 11 is 0. The highest BCUT2D eigenvalue weighted by atomic mass is 19.1. The molecule has 0 aliphatic heterocycles. The van der Waals surface area contributed by atoms with E-state index >= 15 is 0 Å². The first kappa shape index (κ1) is 18.6. The van der Waals surface area contributed by atoms with Crippen LogP contribution >= 0.6 is 0 Å². The van der Waals surface area contributed by atoms with Gasteiger partial charge in [-0.05, 0) is 60.0 Å². The van der Waals surface area contributed by atoms with Gasteiger partial charge >= 0.3 is 5.76 Å². The number of halogens is 2. The van der Waals surface area contributed by atoms with E-state index in [1.165, 1.54) is 10.6 Å². The Hall–Kier alpha value is -3.74. The fourth-order valence-electron chi connectivity index (χ4n) is 3.33. The Morgan fingerprint density at radius 1 is 1.00 bits per heavy atom. The smallest absolute Gasteiger partial charge is 0.408 e. The van der Waals surface area contributed by atoms with E-state index in [2.05, 4.69) is 5.32 Å². The molecule has 146 valence electrons. The van der Waals surface area contributed by atoms with Crippen molar-refractivity contribution < 1.29 is 18.0 Å². The van der Waals surface area contributed by atoms with Gasteiger partial charge < -0.3 is 9.73 Å². The van der Waals surface area contributed by atoms with Crippen LogP contribution in [-0.2, 0) is 7.05 Å². The second kappa shape index (κ2) is 7.01. The molecule has 0 saturated carbocycles. The monoisotopic (exact) mass is 394 g/mol. The van der Waals surface area contributed by atoms with Gasteiger partial charge in [0.2, 0.25) is 0 Å². The van der Waals surface area contributed by atoms with Crippen LogP contribution in [-0.4, -0.2) is 10.5 Å². The minimum atomic E-state index is -0.924. The predicted molar refractivity (Wildman–Crippen MR) is 106 cm³/mol. The predicted octanol–water partition coefficient (Wildman–Crippen LogP) is 4.64. The Bertz CT molecular complexity index is 1280. The molecular formula is C22H16F2N2O3. The summed E-state index contributed by atoms with van der Waals surface area (Å²) in [5.41, 5.74) is 3.54. The van der Waals surface area contributed by atoms with Crippen LogP contribution in [0.3, 0.4) is 0 Å². The molecule has 0 atom stereocenters. The summed E-state index contributed by atoms with van der Waals surface area (Å²) in [5, 5.41) is 2.49. The van der Waals surface area contributed by atoms with Gasteiger partial charge in [-0.3, -0.25) is 9.36 Å². The van der Waals surface area contributed by atoms with Crippen LogP contribution in [0.2, 0.25) is 0 Å². The van der Waals surface area contributed by atoms with Crippen molar-refractivity contribution in [3.8, 4) is 11.1 Å². The summed E-state index contributed by atoms with van der Waals surface area (Å²) in [6.07, 6.45) is 0. The van der Waals surface area contributed by atoms with Crippen molar-refractivity contribution in [1.29, 1.82) is 0 Å². The van der Waals surface area contributed by atoms with E-state index < -0.39 is 28.9 Å². The number of benzene rings is 3. The fourth-order valence-corrected chi connectivity index (χ4v) is 3.33. The van der Waals surface area contributed by atoms with Crippen LogP contribution in [0.15, 0.2) is 63.8 Å². The highest BCUT2D eigenvalue weighted by Gasteiger charge is 2.17. The van der Waals surface area contributed by atoms with Crippen molar-refractivity contribution >= 4 is 22.7 Å². The molecule has 0 aliphatic carbocycles. The molecule has 0 bridgehead atoms. The molecule has 4 aromatic rings. The molecule has 0 unspecified atom stereocenters. The van der Waals surface area contributed by atoms with E-state index in [9.17, 15) is 18.4 Å². The van der Waals surface area contributed by atoms with Crippen molar-refractivity contribution in [2.75, 3.05) is 5.32 Å². The van der Waals surface area contributed by atoms with Gasteiger partial charge in [-0.1, -0.05) is 18.2 Å². The Balaban J connectivity index is 1.62. The molecule has 1 amide bonds. The van der Waals surface area contributed by atoms with E-state index in [1.807, 2.05) is 13.0 Å². The molecule has 0 aliphatic rings. The number of aryl methyl sites for hydroxylation is 2. The van der Waals surface area contributed by atoms with E-state index in [0.29, 0.717) is 11.3 Å². The molecule has 5 nitrogen and oxygen atoms in total. The lowest BCUT2D eigenvalue weighted by atomic mass is 10.0. The van der Waals surface area contributed by atoms with Gasteiger partial charge in [0.25, 0.3) is 5.91 Å². The van der Waals surface area contributed by atoms with Gasteiger partial charge in [0, 0.05) is 12.7 Å². The van der Waals surface area contributed by atoms with Crippen molar-refractivity contribution in [2.24, 2.45) is 7.05 Å². The van der Waals surface area contributed by atoms with Crippen molar-refractivity contribution in [3.05, 3.63) is 87.9 Å². The molecule has 0 radical (unpaired) electrons. The molecule has 4 rings (SSSR count). The zero-order valence-electron chi connectivity index (χ0n) is 15.6. The number of anilines is 1. The molecule has 1 aromatic heterocycles. The van der Waals surface area contributed by atoms with E-state index in [-0.39, 0.29) is 0 Å². The van der Waals surface area contributed by atoms with Gasteiger partial charge in [0.05, 0.1) is 5.52 Å². The molecule has 1 N–H and O–H groups in total. The molecule has 29 heavy (non-hydrogen) atoms. The number of nitrogens with one attached hydrogen (secondary N) is 1. The van der Waals surface area contributed by atoms with E-state index in [0.717, 1.165) is 34.3 Å². The number of hydrogen-bond donors (Lipinski definition) is 1. The number of carbonyl (C=O) groups excluding carboxylic acids is 1. The first-order chi connectivity index (χ1) is 13.8. The maximum Gasteiger partial charge on any atom is 0.419 e. The van der Waals surface area contributed by atoms with Gasteiger partial charge in [-0.25, -0.2) is 13.6 Å². The zero-order chi connectivity index (χ0) is 20.7. The number of rotatable bonds is 3. The van der Waals surface area contributed by atoms with Gasteiger partial charge in [-0.15, -0.1) is 0 Å². The number of carbonyl (C=O) groups is 1. The van der Waals surface area contributed by atoms with E-state index in [4.69, 9.17) is 4.42 Å². The first-order valence-electron chi connectivity index (χ1n) is 8.81. The van der Waals surface area contributed by atoms with Crippen LogP contribution < -0.4 is 11.1 Å². The Kier molecular flexibility index (Phi) is 4.50. The number of fused-ring (bicyclic) bond motifs is 1. The lowest BCUT2D eigenvalue weighted by Gasteiger charge is -2.09. The third kappa shape index (κ3) is 3.31. The minimum Gasteiger partial charge on any atom is -0.408 e. The maximum atomic E-state index is 13.8. The Morgan fingerprint density at radius 3 is 2.31 bits per heavy atom. The van der Waals surface area contributed by atoms with Crippen LogP contribution in [0.4, 0.5) is 14.5 Å². The number of nitrogens with zero attached hydrogens (tertiary/aromatic N) is 1. The maximum absolute atomic E-state index is 13.8. The summed E-state index contributed by atoms with van der Waals surface area (Å²) in [4.78, 5) is 24.0. The van der Waals surface area contributed by atoms with Gasteiger partial charge in [0.15, 0.2) is 5.58 Å². The first-order valence-corrected chi connectivity index (χ1v) is 8.81. The molecular weight excluding hydrogens is 378 g/mol. The molecule has 1 heterocycles. The Labute approximate surface area is 164 Å². The number of hydrogen-bond acceptors (Lipinski definition) is 3. The summed E-state index contributed by atoms with van der Waals surface area (Å²) in [7, 11) is 1.65. The average molecular weight is 394 g/mol. The summed E-state index contributed by atoms with van der Waals surface area (Å²) < 4.78 is 34.2. The fraction of sp³-hybridized carbons (Fsp3) is 0.0909. The SMILES string of the molecule is Cc1cc(-c2ccc(NC(=O)c3c(F)cccc3F)cc2)cc2oc(=O)n(C)c12. The summed E-state index contributed by atoms with van der Waals surface area (Å²) in [5.74, 6) is -3.14. The molecule has 3 aromatic carbocycles. The van der Waals surface area contributed by atoms with Crippen molar-refractivity contribution in [1.82, 2.24) is 4.57 Å². The number of aromatic nitrogens is 1. The van der Waals surface area contributed by atoms with Crippen LogP contribution in [0, 0.1) is 18.6 Å². The quantitative estimate of drug-likeness (QED) is 0.551. The third-order valence-electron chi connectivity index (χ3n) is 4.74. The van der Waals surface area contributed by atoms with E-state index in [1.54, 1.807) is 37.4 Å². The van der Waals surface area contributed by atoms with Gasteiger partial charge in [0.1, 0.15) is 17.2 Å². The Morgan fingerprint density at radius 2 is 1.66 bits per heavy atom. The van der Waals surface area contributed by atoms with Crippen molar-refractivity contribution in [2.45, 2.75) is 6.92 Å². The summed E-state index contributed by atoms with van der Waals surface area (Å²) in [6.45, 7) is 1.89. The molecule has 7 heteroatoms. The standard InChI is InChI=1S/C22H16F2N2O3/c1-12-10-14(11-18-20(12)26(2)22(28)29-18)13-6-8-15(9-7-13)25-21(27)19-16(23)4-3-5-17(19)24/h3-11H,1-2H3,(H,25,27). The van der Waals surface area contributed by atoms with Crippen LogP contribution in [0.5, 0.6) is 0 Å². The van der Waals surface area contributed by atoms with Gasteiger partial charge in [-0.2, -0.15) is 0 Å². The zero-order valence-corrected chi connectivity index (χ0v) is 15.6.